The highest BCUT2D eigenvalue weighted by atomic mass is 35.5. The fourth-order valence-electron chi connectivity index (χ4n) is 2.43. The summed E-state index contributed by atoms with van der Waals surface area (Å²) in [6, 6.07) is 11.3. The summed E-state index contributed by atoms with van der Waals surface area (Å²) in [5, 5.41) is 3.44. The molecule has 96 valence electrons. The van der Waals surface area contributed by atoms with Crippen molar-refractivity contribution in [2.75, 3.05) is 26.7 Å². The first-order chi connectivity index (χ1) is 7.88. The molecule has 2 rings (SSSR count). The first-order valence-corrected chi connectivity index (χ1v) is 6.32. The van der Waals surface area contributed by atoms with Crippen molar-refractivity contribution in [1.29, 1.82) is 0 Å². The van der Waals surface area contributed by atoms with E-state index in [1.54, 1.807) is 0 Å². The summed E-state index contributed by atoms with van der Waals surface area (Å²) in [5.41, 5.74) is 1.43. The zero-order valence-corrected chi connectivity index (χ0v) is 11.4. The Hall–Kier alpha value is -0.570. The lowest BCUT2D eigenvalue weighted by Crippen LogP contribution is -2.39. The van der Waals surface area contributed by atoms with Crippen molar-refractivity contribution in [3.05, 3.63) is 35.9 Å². The summed E-state index contributed by atoms with van der Waals surface area (Å²) in [5.74, 6) is 0. The van der Waals surface area contributed by atoms with Gasteiger partial charge >= 0.3 is 0 Å². The van der Waals surface area contributed by atoms with Crippen molar-refractivity contribution < 1.29 is 0 Å². The van der Waals surface area contributed by atoms with Crippen LogP contribution in [0.5, 0.6) is 0 Å². The Labute approximate surface area is 111 Å². The molecule has 0 aliphatic carbocycles. The molecule has 0 bridgehead atoms. The Kier molecular flexibility index (Phi) is 6.56. The molecule has 17 heavy (non-hydrogen) atoms. The Morgan fingerprint density at radius 1 is 1.18 bits per heavy atom. The number of hydrogen-bond acceptors (Lipinski definition) is 2. The predicted octanol–water partition coefficient (Wildman–Crippen LogP) is 2.33. The van der Waals surface area contributed by atoms with Gasteiger partial charge in [-0.05, 0) is 45.0 Å². The third-order valence-corrected chi connectivity index (χ3v) is 3.41. The van der Waals surface area contributed by atoms with Crippen molar-refractivity contribution in [3.8, 4) is 0 Å². The monoisotopic (exact) mass is 254 g/mol. The number of rotatable bonds is 5. The lowest BCUT2D eigenvalue weighted by molar-refractivity contribution is 0.296. The van der Waals surface area contributed by atoms with E-state index in [1.807, 2.05) is 0 Å². The van der Waals surface area contributed by atoms with Gasteiger partial charge < -0.3 is 10.2 Å². The molecule has 0 unspecified atom stereocenters. The van der Waals surface area contributed by atoms with Crippen LogP contribution in [0.15, 0.2) is 30.3 Å². The molecular formula is C14H23ClN2. The van der Waals surface area contributed by atoms with Crippen molar-refractivity contribution in [3.63, 3.8) is 0 Å². The van der Waals surface area contributed by atoms with Gasteiger partial charge in [-0.1, -0.05) is 30.3 Å². The van der Waals surface area contributed by atoms with Gasteiger partial charge in [-0.3, -0.25) is 0 Å². The minimum Gasteiger partial charge on any atom is -0.315 e. The van der Waals surface area contributed by atoms with E-state index < -0.39 is 0 Å². The number of nitrogens with zero attached hydrogens (tertiary/aromatic N) is 1. The maximum atomic E-state index is 3.44. The molecule has 0 aromatic heterocycles. The van der Waals surface area contributed by atoms with E-state index in [-0.39, 0.29) is 12.4 Å². The van der Waals surface area contributed by atoms with E-state index in [4.69, 9.17) is 0 Å². The average molecular weight is 255 g/mol. The zero-order chi connectivity index (χ0) is 11.2. The van der Waals surface area contributed by atoms with E-state index in [0.29, 0.717) is 6.04 Å². The Morgan fingerprint density at radius 2 is 1.82 bits per heavy atom. The molecule has 1 aromatic rings. The second kappa shape index (κ2) is 7.70. The van der Waals surface area contributed by atoms with Crippen LogP contribution in [0.2, 0.25) is 0 Å². The SMILES string of the molecule is CN[C@@H](Cc1ccccc1)CN1CCCC1.Cl. The van der Waals surface area contributed by atoms with Crippen LogP contribution in [0, 0.1) is 0 Å². The Balaban J connectivity index is 0.00000144. The minimum atomic E-state index is 0. The van der Waals surface area contributed by atoms with Crippen molar-refractivity contribution in [1.82, 2.24) is 10.2 Å². The summed E-state index contributed by atoms with van der Waals surface area (Å²) in [4.78, 5) is 2.57. The van der Waals surface area contributed by atoms with Crippen LogP contribution >= 0.6 is 12.4 Å². The lowest BCUT2D eigenvalue weighted by Gasteiger charge is -2.23. The van der Waals surface area contributed by atoms with Gasteiger partial charge in [0.25, 0.3) is 0 Å². The summed E-state index contributed by atoms with van der Waals surface area (Å²) in [7, 11) is 2.07. The van der Waals surface area contributed by atoms with E-state index >= 15 is 0 Å². The van der Waals surface area contributed by atoms with Gasteiger partial charge in [-0.15, -0.1) is 12.4 Å². The largest absolute Gasteiger partial charge is 0.315 e. The second-order valence-electron chi connectivity index (χ2n) is 4.68. The van der Waals surface area contributed by atoms with Gasteiger partial charge in [0.2, 0.25) is 0 Å². The Bertz CT molecular complexity index is 296. The third kappa shape index (κ3) is 4.66. The highest BCUT2D eigenvalue weighted by Crippen LogP contribution is 2.10. The fourth-order valence-corrected chi connectivity index (χ4v) is 2.43. The van der Waals surface area contributed by atoms with Crippen LogP contribution in [-0.4, -0.2) is 37.6 Å². The Morgan fingerprint density at radius 3 is 2.41 bits per heavy atom. The smallest absolute Gasteiger partial charge is 0.0232 e. The molecule has 1 aliphatic rings. The molecule has 2 nitrogen and oxygen atoms in total. The highest BCUT2D eigenvalue weighted by Gasteiger charge is 2.16. The summed E-state index contributed by atoms with van der Waals surface area (Å²) in [6.07, 6.45) is 3.89. The molecule has 1 fully saturated rings. The van der Waals surface area contributed by atoms with Crippen LogP contribution in [0.25, 0.3) is 0 Å². The molecule has 3 heteroatoms. The number of likely N-dealkylation sites (tertiary alicyclic amines) is 1. The first kappa shape index (κ1) is 14.5. The molecule has 0 saturated carbocycles. The lowest BCUT2D eigenvalue weighted by atomic mass is 10.1. The highest BCUT2D eigenvalue weighted by molar-refractivity contribution is 5.85. The van der Waals surface area contributed by atoms with Crippen LogP contribution in [0.4, 0.5) is 0 Å². The number of likely N-dealkylation sites (N-methyl/N-ethyl adjacent to an activating group) is 1. The average Bonchev–Trinajstić information content (AvgIpc) is 2.82. The maximum absolute atomic E-state index is 3.44. The molecule has 1 aliphatic heterocycles. The van der Waals surface area contributed by atoms with Crippen LogP contribution in [0.3, 0.4) is 0 Å². The van der Waals surface area contributed by atoms with E-state index in [0.717, 1.165) is 6.42 Å². The standard InChI is InChI=1S/C14H22N2.ClH/c1-15-14(12-16-9-5-6-10-16)11-13-7-3-2-4-8-13;/h2-4,7-8,14-15H,5-6,9-12H2,1H3;1H/t14-;/m0./s1. The van der Waals surface area contributed by atoms with Crippen LogP contribution < -0.4 is 5.32 Å². The number of benzene rings is 1. The summed E-state index contributed by atoms with van der Waals surface area (Å²) < 4.78 is 0. The van der Waals surface area contributed by atoms with Gasteiger partial charge in [-0.2, -0.15) is 0 Å². The van der Waals surface area contributed by atoms with E-state index in [2.05, 4.69) is 47.6 Å². The first-order valence-electron chi connectivity index (χ1n) is 6.32. The topological polar surface area (TPSA) is 15.3 Å². The number of hydrogen-bond donors (Lipinski definition) is 1. The van der Waals surface area contributed by atoms with Gasteiger partial charge in [0.15, 0.2) is 0 Å². The summed E-state index contributed by atoms with van der Waals surface area (Å²) in [6.45, 7) is 3.76. The number of halogens is 1. The van der Waals surface area contributed by atoms with Crippen molar-refractivity contribution in [2.24, 2.45) is 0 Å². The van der Waals surface area contributed by atoms with Gasteiger partial charge in [0, 0.05) is 12.6 Å². The molecule has 1 heterocycles. The van der Waals surface area contributed by atoms with Crippen molar-refractivity contribution >= 4 is 12.4 Å². The molecule has 1 atom stereocenters. The van der Waals surface area contributed by atoms with Crippen LogP contribution in [-0.2, 0) is 6.42 Å². The third-order valence-electron chi connectivity index (χ3n) is 3.41. The van der Waals surface area contributed by atoms with Crippen LogP contribution in [0.1, 0.15) is 18.4 Å². The van der Waals surface area contributed by atoms with Crippen molar-refractivity contribution in [2.45, 2.75) is 25.3 Å². The van der Waals surface area contributed by atoms with E-state index in [9.17, 15) is 0 Å². The normalized spacial score (nSPS) is 17.7. The molecule has 0 radical (unpaired) electrons. The molecule has 1 N–H and O–H groups in total. The van der Waals surface area contributed by atoms with Gasteiger partial charge in [-0.25, -0.2) is 0 Å². The fraction of sp³-hybridized carbons (Fsp3) is 0.571. The van der Waals surface area contributed by atoms with Gasteiger partial charge in [0.05, 0.1) is 0 Å². The quantitative estimate of drug-likeness (QED) is 0.868. The molecular weight excluding hydrogens is 232 g/mol. The second-order valence-corrected chi connectivity index (χ2v) is 4.68. The zero-order valence-electron chi connectivity index (χ0n) is 10.6. The molecule has 1 aromatic carbocycles. The predicted molar refractivity (Wildman–Crippen MR) is 75.9 cm³/mol. The molecule has 0 amide bonds. The van der Waals surface area contributed by atoms with Gasteiger partial charge in [0.1, 0.15) is 0 Å². The minimum absolute atomic E-state index is 0. The molecule has 0 spiro atoms. The summed E-state index contributed by atoms with van der Waals surface area (Å²) >= 11 is 0. The molecule has 1 saturated heterocycles. The maximum Gasteiger partial charge on any atom is 0.0232 e. The number of nitrogens with one attached hydrogen (secondary N) is 1. The van der Waals surface area contributed by atoms with E-state index in [1.165, 1.54) is 38.0 Å².